The molecule has 2 unspecified atom stereocenters. The maximum atomic E-state index is 15.4. The molecule has 0 spiro atoms. The maximum Gasteiger partial charge on any atom is 0.415 e. The van der Waals surface area contributed by atoms with Crippen LogP contribution >= 0.6 is 0 Å². The van der Waals surface area contributed by atoms with E-state index in [0.29, 0.717) is 55.5 Å². The fourth-order valence-corrected chi connectivity index (χ4v) is 7.07. The van der Waals surface area contributed by atoms with Crippen LogP contribution < -0.4 is 14.5 Å². The standard InChI is InChI=1S/C32H43FN8O6Si/c1-31(2,3)48(5,6)45-19-24-17-40(30(42)46-24)23-8-9-25(26(33)14-23)22-15-34-28(35-16-22)38-11-7-10-37(12-13-38)20-32(4)21-39-18-27(41(43)44)36-29(39)47-32/h8-9,14-16,18,24H,7,10-13,17,19-21H2,1-6H3. The third kappa shape index (κ3) is 7.00. The zero-order valence-electron chi connectivity index (χ0n) is 28.3. The molecule has 0 saturated carbocycles. The van der Waals surface area contributed by atoms with E-state index in [1.54, 1.807) is 29.1 Å². The Morgan fingerprint density at radius 2 is 1.92 bits per heavy atom. The number of fused-ring (bicyclic) bond motifs is 1. The Morgan fingerprint density at radius 3 is 2.58 bits per heavy atom. The van der Waals surface area contributed by atoms with Gasteiger partial charge in [0.25, 0.3) is 0 Å². The Balaban J connectivity index is 1.03. The number of nitrogens with zero attached hydrogens (tertiary/aromatic N) is 8. The van der Waals surface area contributed by atoms with Crippen molar-refractivity contribution in [3.63, 3.8) is 0 Å². The quantitative estimate of drug-likeness (QED) is 0.169. The number of benzene rings is 1. The number of halogens is 1. The molecule has 2 atom stereocenters. The van der Waals surface area contributed by atoms with Gasteiger partial charge >= 0.3 is 17.9 Å². The predicted octanol–water partition coefficient (Wildman–Crippen LogP) is 5.10. The molecule has 3 aromatic rings. The predicted molar refractivity (Wildman–Crippen MR) is 179 cm³/mol. The molecule has 6 rings (SSSR count). The van der Waals surface area contributed by atoms with E-state index >= 15 is 4.39 Å². The van der Waals surface area contributed by atoms with E-state index in [1.165, 1.54) is 17.2 Å². The largest absolute Gasteiger partial charge is 0.442 e. The summed E-state index contributed by atoms with van der Waals surface area (Å²) in [4.78, 5) is 42.1. The minimum Gasteiger partial charge on any atom is -0.442 e. The second kappa shape index (κ2) is 12.7. The number of hydrogen-bond donors (Lipinski definition) is 0. The van der Waals surface area contributed by atoms with Crippen LogP contribution in [0, 0.1) is 15.9 Å². The van der Waals surface area contributed by atoms with Crippen molar-refractivity contribution in [1.82, 2.24) is 24.4 Å². The number of hydrogen-bond acceptors (Lipinski definition) is 11. The topological polar surface area (TPSA) is 141 Å². The highest BCUT2D eigenvalue weighted by Crippen LogP contribution is 2.37. The van der Waals surface area contributed by atoms with E-state index < -0.39 is 36.9 Å². The fourth-order valence-electron chi connectivity index (χ4n) is 6.03. The number of aromatic nitrogens is 4. The Labute approximate surface area is 280 Å². The number of carbonyl (C=O) groups is 1. The monoisotopic (exact) mass is 682 g/mol. The number of nitro groups is 1. The molecule has 5 heterocycles. The molecule has 16 heteroatoms. The van der Waals surface area contributed by atoms with Gasteiger partial charge in [0.15, 0.2) is 8.32 Å². The molecule has 2 fully saturated rings. The minimum absolute atomic E-state index is 0.0399. The molecular formula is C32H43FN8O6Si. The van der Waals surface area contributed by atoms with Gasteiger partial charge in [-0.1, -0.05) is 20.8 Å². The molecule has 258 valence electrons. The maximum absolute atomic E-state index is 15.4. The lowest BCUT2D eigenvalue weighted by Gasteiger charge is -2.36. The van der Waals surface area contributed by atoms with E-state index in [4.69, 9.17) is 13.9 Å². The lowest BCUT2D eigenvalue weighted by atomic mass is 10.1. The van der Waals surface area contributed by atoms with Crippen LogP contribution in [0.4, 0.5) is 26.6 Å². The summed E-state index contributed by atoms with van der Waals surface area (Å²) in [5, 5.41) is 11.1. The van der Waals surface area contributed by atoms with E-state index in [1.807, 2.05) is 6.92 Å². The summed E-state index contributed by atoms with van der Waals surface area (Å²) >= 11 is 0. The summed E-state index contributed by atoms with van der Waals surface area (Å²) in [6.45, 7) is 17.6. The number of imidazole rings is 1. The lowest BCUT2D eigenvalue weighted by Crippen LogP contribution is -2.46. The molecule has 14 nitrogen and oxygen atoms in total. The van der Waals surface area contributed by atoms with Crippen LogP contribution in [0.25, 0.3) is 11.1 Å². The van der Waals surface area contributed by atoms with Crippen LogP contribution in [0.3, 0.4) is 0 Å². The highest BCUT2D eigenvalue weighted by molar-refractivity contribution is 6.74. The zero-order chi connectivity index (χ0) is 34.4. The fraction of sp³-hybridized carbons (Fsp3) is 0.562. The summed E-state index contributed by atoms with van der Waals surface area (Å²) in [6.07, 6.45) is 4.60. The highest BCUT2D eigenvalue weighted by atomic mass is 28.4. The molecule has 48 heavy (non-hydrogen) atoms. The normalized spacial score (nSPS) is 22.0. The van der Waals surface area contributed by atoms with Gasteiger partial charge in [-0.15, -0.1) is 0 Å². The molecule has 1 aromatic carbocycles. The van der Waals surface area contributed by atoms with Gasteiger partial charge < -0.3 is 28.9 Å². The summed E-state index contributed by atoms with van der Waals surface area (Å²) in [6, 6.07) is 4.95. The number of amides is 1. The molecule has 0 bridgehead atoms. The second-order valence-electron chi connectivity index (χ2n) is 14.6. The van der Waals surface area contributed by atoms with E-state index in [2.05, 4.69) is 58.6 Å². The first-order valence-electron chi connectivity index (χ1n) is 16.2. The Morgan fingerprint density at radius 1 is 1.17 bits per heavy atom. The Hall–Kier alpha value is -4.15. The van der Waals surface area contributed by atoms with E-state index in [9.17, 15) is 14.9 Å². The van der Waals surface area contributed by atoms with Gasteiger partial charge in [-0.2, -0.15) is 0 Å². The summed E-state index contributed by atoms with van der Waals surface area (Å²) in [7, 11) is -2.00. The van der Waals surface area contributed by atoms with Crippen molar-refractivity contribution < 1.29 is 28.0 Å². The van der Waals surface area contributed by atoms with Gasteiger partial charge in [-0.05, 0) is 54.6 Å². The number of anilines is 2. The number of rotatable bonds is 9. The Kier molecular flexibility index (Phi) is 8.93. The van der Waals surface area contributed by atoms with E-state index in [0.717, 1.165) is 26.1 Å². The third-order valence-corrected chi connectivity index (χ3v) is 14.2. The van der Waals surface area contributed by atoms with Crippen molar-refractivity contribution in [2.24, 2.45) is 0 Å². The number of ether oxygens (including phenoxy) is 2. The number of cyclic esters (lactones) is 1. The average molecular weight is 683 g/mol. The van der Waals surface area contributed by atoms with Gasteiger partial charge in [0.2, 0.25) is 5.95 Å². The third-order valence-electron chi connectivity index (χ3n) is 9.71. The zero-order valence-corrected chi connectivity index (χ0v) is 29.3. The highest BCUT2D eigenvalue weighted by Gasteiger charge is 2.42. The van der Waals surface area contributed by atoms with Gasteiger partial charge in [0, 0.05) is 61.2 Å². The van der Waals surface area contributed by atoms with Gasteiger partial charge in [0.05, 0.1) is 25.4 Å². The molecule has 1 amide bonds. The van der Waals surface area contributed by atoms with E-state index in [-0.39, 0.29) is 16.9 Å². The Bertz CT molecular complexity index is 1660. The van der Waals surface area contributed by atoms with Crippen LogP contribution in [0.15, 0.2) is 36.8 Å². The first kappa shape index (κ1) is 33.7. The van der Waals surface area contributed by atoms with Crippen molar-refractivity contribution in [2.45, 2.75) is 70.5 Å². The van der Waals surface area contributed by atoms with Gasteiger partial charge in [0.1, 0.15) is 23.7 Å². The molecule has 2 aromatic heterocycles. The summed E-state index contributed by atoms with van der Waals surface area (Å²) < 4.78 is 34.9. The van der Waals surface area contributed by atoms with Crippen molar-refractivity contribution in [2.75, 3.05) is 55.7 Å². The van der Waals surface area contributed by atoms with Crippen LogP contribution in [0.5, 0.6) is 6.01 Å². The summed E-state index contributed by atoms with van der Waals surface area (Å²) in [5.41, 5.74) is 0.756. The second-order valence-corrected chi connectivity index (χ2v) is 19.4. The molecule has 0 N–H and O–H groups in total. The molecular weight excluding hydrogens is 639 g/mol. The first-order chi connectivity index (χ1) is 22.6. The van der Waals surface area contributed by atoms with Crippen LogP contribution in [-0.2, 0) is 15.7 Å². The summed E-state index contributed by atoms with van der Waals surface area (Å²) in [5.74, 6) is -0.130. The SMILES string of the molecule is CC1(CN2CCCN(c3ncc(-c4ccc(N5CC(CO[Si](C)(C)C(C)(C)C)OC5=O)cc4F)cn3)CC2)Cn2cc([N+](=O)[O-])nc2O1. The average Bonchev–Trinajstić information content (AvgIpc) is 3.61. The lowest BCUT2D eigenvalue weighted by molar-refractivity contribution is -0.389. The molecule has 0 aliphatic carbocycles. The van der Waals surface area contributed by atoms with Crippen molar-refractivity contribution in [3.05, 3.63) is 52.7 Å². The van der Waals surface area contributed by atoms with Crippen molar-refractivity contribution >= 4 is 31.9 Å². The number of carbonyl (C=O) groups excluding carboxylic acids is 1. The van der Waals surface area contributed by atoms with Crippen LogP contribution in [0.1, 0.15) is 34.1 Å². The smallest absolute Gasteiger partial charge is 0.415 e. The van der Waals surface area contributed by atoms with Crippen LogP contribution in [-0.4, -0.2) is 101 Å². The molecule has 2 saturated heterocycles. The van der Waals surface area contributed by atoms with Gasteiger partial charge in [-0.25, -0.2) is 19.2 Å². The van der Waals surface area contributed by atoms with Gasteiger partial charge in [-0.3, -0.25) is 14.4 Å². The minimum atomic E-state index is -2.00. The molecule has 0 radical (unpaired) electrons. The van der Waals surface area contributed by atoms with Crippen LogP contribution in [0.2, 0.25) is 18.1 Å². The van der Waals surface area contributed by atoms with Crippen molar-refractivity contribution in [3.8, 4) is 17.1 Å². The molecule has 3 aliphatic rings. The molecule has 3 aliphatic heterocycles. The van der Waals surface area contributed by atoms with Crippen molar-refractivity contribution in [1.29, 1.82) is 0 Å². The first-order valence-corrected chi connectivity index (χ1v) is 19.1.